The highest BCUT2D eigenvalue weighted by atomic mass is 14.5. The van der Waals surface area contributed by atoms with Crippen molar-refractivity contribution in [3.63, 3.8) is 0 Å². The number of nitrogens with two attached hydrogens (primary N) is 1. The first-order valence-electron chi connectivity index (χ1n) is 4.16. The normalized spacial score (nSPS) is 9.58. The third-order valence-corrected chi connectivity index (χ3v) is 1.67. The van der Waals surface area contributed by atoms with Gasteiger partial charge in [0.25, 0.3) is 0 Å². The molecule has 64 valence electrons. The summed E-state index contributed by atoms with van der Waals surface area (Å²) in [5.41, 5.74) is 9.23. The van der Waals surface area contributed by atoms with Gasteiger partial charge >= 0.3 is 0 Å². The number of allylic oxidation sites excluding steroid dienone is 1. The Bertz CT molecular complexity index is 266. The van der Waals surface area contributed by atoms with Crippen molar-refractivity contribution < 1.29 is 0 Å². The first-order chi connectivity index (χ1) is 5.72. The minimum Gasteiger partial charge on any atom is -0.326 e. The molecular formula is C11H15N. The predicted molar refractivity (Wildman–Crippen MR) is 53.7 cm³/mol. The molecule has 0 bridgehead atoms. The molecule has 0 heterocycles. The third-order valence-electron chi connectivity index (χ3n) is 1.67. The van der Waals surface area contributed by atoms with E-state index in [1.54, 1.807) is 0 Å². The van der Waals surface area contributed by atoms with E-state index >= 15 is 0 Å². The fourth-order valence-corrected chi connectivity index (χ4v) is 1.08. The lowest BCUT2D eigenvalue weighted by molar-refractivity contribution is 1.07. The fraction of sp³-hybridized carbons (Fsp3) is 0.273. The lowest BCUT2D eigenvalue weighted by Gasteiger charge is -1.97. The van der Waals surface area contributed by atoms with E-state index in [4.69, 9.17) is 5.73 Å². The number of hydrogen-bond donors (Lipinski definition) is 1. The van der Waals surface area contributed by atoms with Crippen LogP contribution in [-0.4, -0.2) is 0 Å². The minimum absolute atomic E-state index is 0.620. The molecule has 0 aliphatic carbocycles. The largest absolute Gasteiger partial charge is 0.326 e. The molecule has 0 radical (unpaired) electrons. The molecule has 0 unspecified atom stereocenters. The predicted octanol–water partition coefficient (Wildman–Crippen LogP) is 2.57. The summed E-state index contributed by atoms with van der Waals surface area (Å²) < 4.78 is 0. The zero-order chi connectivity index (χ0) is 8.97. The molecule has 12 heavy (non-hydrogen) atoms. The van der Waals surface area contributed by atoms with E-state index in [0.717, 1.165) is 0 Å². The molecule has 1 aromatic carbocycles. The maximum Gasteiger partial charge on any atom is 0.0178 e. The number of benzene rings is 1. The Hall–Kier alpha value is -1.08. The molecule has 0 atom stereocenters. The van der Waals surface area contributed by atoms with E-state index in [9.17, 15) is 0 Å². The van der Waals surface area contributed by atoms with E-state index in [1.807, 2.05) is 0 Å². The van der Waals surface area contributed by atoms with Crippen molar-refractivity contribution in [1.29, 1.82) is 0 Å². The minimum atomic E-state index is 0.620. The molecule has 1 nitrogen and oxygen atoms in total. The van der Waals surface area contributed by atoms with Gasteiger partial charge in [0.2, 0.25) is 0 Å². The van der Waals surface area contributed by atoms with Crippen molar-refractivity contribution >= 4 is 6.08 Å². The SMILES string of the molecule is CC(C)=Cc1ccc(CN)cc1. The monoisotopic (exact) mass is 161 g/mol. The van der Waals surface area contributed by atoms with Crippen LogP contribution in [0.2, 0.25) is 0 Å². The van der Waals surface area contributed by atoms with E-state index < -0.39 is 0 Å². The lowest BCUT2D eigenvalue weighted by atomic mass is 10.1. The van der Waals surface area contributed by atoms with Crippen LogP contribution in [0.1, 0.15) is 25.0 Å². The van der Waals surface area contributed by atoms with Gasteiger partial charge in [0.1, 0.15) is 0 Å². The summed E-state index contributed by atoms with van der Waals surface area (Å²) in [7, 11) is 0. The van der Waals surface area contributed by atoms with Gasteiger partial charge in [-0.2, -0.15) is 0 Å². The summed E-state index contributed by atoms with van der Waals surface area (Å²) in [5, 5.41) is 0. The van der Waals surface area contributed by atoms with Crippen molar-refractivity contribution in [3.8, 4) is 0 Å². The highest BCUT2D eigenvalue weighted by Gasteiger charge is 1.89. The van der Waals surface area contributed by atoms with Gasteiger partial charge in [0.15, 0.2) is 0 Å². The average Bonchev–Trinajstić information content (AvgIpc) is 2.05. The fourth-order valence-electron chi connectivity index (χ4n) is 1.08. The van der Waals surface area contributed by atoms with Gasteiger partial charge in [-0.25, -0.2) is 0 Å². The second kappa shape index (κ2) is 4.07. The van der Waals surface area contributed by atoms with Crippen molar-refractivity contribution in [2.75, 3.05) is 0 Å². The second-order valence-corrected chi connectivity index (χ2v) is 3.17. The molecule has 1 rings (SSSR count). The van der Waals surface area contributed by atoms with Gasteiger partial charge in [-0.15, -0.1) is 0 Å². The van der Waals surface area contributed by atoms with Gasteiger partial charge in [-0.3, -0.25) is 0 Å². The standard InChI is InChI=1S/C11H15N/c1-9(2)7-10-3-5-11(8-12)6-4-10/h3-7H,8,12H2,1-2H3. The van der Waals surface area contributed by atoms with Crippen LogP contribution in [-0.2, 0) is 6.54 Å². The van der Waals surface area contributed by atoms with E-state index in [-0.39, 0.29) is 0 Å². The first kappa shape index (κ1) is 9.01. The highest BCUT2D eigenvalue weighted by Crippen LogP contribution is 2.07. The van der Waals surface area contributed by atoms with Crippen LogP contribution in [0.4, 0.5) is 0 Å². The molecule has 1 aromatic rings. The van der Waals surface area contributed by atoms with E-state index in [2.05, 4.69) is 44.2 Å². The number of hydrogen-bond acceptors (Lipinski definition) is 1. The van der Waals surface area contributed by atoms with Gasteiger partial charge < -0.3 is 5.73 Å². The molecule has 0 spiro atoms. The quantitative estimate of drug-likeness (QED) is 0.708. The topological polar surface area (TPSA) is 26.0 Å². The van der Waals surface area contributed by atoms with Crippen LogP contribution < -0.4 is 5.73 Å². The van der Waals surface area contributed by atoms with Crippen LogP contribution in [0.15, 0.2) is 29.8 Å². The molecule has 0 saturated carbocycles. The van der Waals surface area contributed by atoms with Gasteiger partial charge in [0, 0.05) is 6.54 Å². The van der Waals surface area contributed by atoms with Crippen LogP contribution in [0.25, 0.3) is 6.08 Å². The Kier molecular flexibility index (Phi) is 3.06. The zero-order valence-corrected chi connectivity index (χ0v) is 7.67. The summed E-state index contributed by atoms with van der Waals surface area (Å²) in [6.07, 6.45) is 2.15. The molecule has 0 aliphatic heterocycles. The molecule has 2 N–H and O–H groups in total. The van der Waals surface area contributed by atoms with Crippen LogP contribution in [0, 0.1) is 0 Å². The molecule has 0 aliphatic rings. The molecule has 0 saturated heterocycles. The summed E-state index contributed by atoms with van der Waals surface area (Å²) in [6, 6.07) is 8.31. The Balaban J connectivity index is 2.85. The van der Waals surface area contributed by atoms with Crippen LogP contribution >= 0.6 is 0 Å². The summed E-state index contributed by atoms with van der Waals surface area (Å²) in [4.78, 5) is 0. The zero-order valence-electron chi connectivity index (χ0n) is 7.67. The molecular weight excluding hydrogens is 146 g/mol. The Morgan fingerprint density at radius 3 is 2.25 bits per heavy atom. The van der Waals surface area contributed by atoms with Gasteiger partial charge in [-0.05, 0) is 25.0 Å². The molecule has 1 heteroatoms. The van der Waals surface area contributed by atoms with Crippen molar-refractivity contribution in [2.24, 2.45) is 5.73 Å². The van der Waals surface area contributed by atoms with E-state index in [1.165, 1.54) is 16.7 Å². The molecule has 0 amide bonds. The lowest BCUT2D eigenvalue weighted by Crippen LogP contribution is -1.94. The molecule has 0 aromatic heterocycles. The van der Waals surface area contributed by atoms with Gasteiger partial charge in [-0.1, -0.05) is 35.9 Å². The summed E-state index contributed by atoms with van der Waals surface area (Å²) in [6.45, 7) is 4.81. The van der Waals surface area contributed by atoms with E-state index in [0.29, 0.717) is 6.54 Å². The van der Waals surface area contributed by atoms with Crippen molar-refractivity contribution in [3.05, 3.63) is 41.0 Å². The summed E-state index contributed by atoms with van der Waals surface area (Å²) in [5.74, 6) is 0. The second-order valence-electron chi connectivity index (χ2n) is 3.17. The maximum atomic E-state index is 5.49. The summed E-state index contributed by atoms with van der Waals surface area (Å²) >= 11 is 0. The third kappa shape index (κ3) is 2.51. The number of rotatable bonds is 2. The van der Waals surface area contributed by atoms with Crippen molar-refractivity contribution in [2.45, 2.75) is 20.4 Å². The Labute approximate surface area is 73.9 Å². The van der Waals surface area contributed by atoms with Crippen LogP contribution in [0.5, 0.6) is 0 Å². The van der Waals surface area contributed by atoms with Crippen LogP contribution in [0.3, 0.4) is 0 Å². The Morgan fingerprint density at radius 2 is 1.83 bits per heavy atom. The average molecular weight is 161 g/mol. The maximum absolute atomic E-state index is 5.49. The van der Waals surface area contributed by atoms with Crippen molar-refractivity contribution in [1.82, 2.24) is 0 Å². The highest BCUT2D eigenvalue weighted by molar-refractivity contribution is 5.52. The molecule has 0 fully saturated rings. The smallest absolute Gasteiger partial charge is 0.0178 e. The first-order valence-corrected chi connectivity index (χ1v) is 4.16. The van der Waals surface area contributed by atoms with Gasteiger partial charge in [0.05, 0.1) is 0 Å². The Morgan fingerprint density at radius 1 is 1.25 bits per heavy atom.